The molecule has 1 aromatic rings. The van der Waals surface area contributed by atoms with Crippen LogP contribution in [0.2, 0.25) is 0 Å². The number of allylic oxidation sites excluding steroid dienone is 2. The third kappa shape index (κ3) is 3.15. The van der Waals surface area contributed by atoms with Gasteiger partial charge in [-0.05, 0) is 47.3 Å². The van der Waals surface area contributed by atoms with Crippen LogP contribution in [0.5, 0.6) is 0 Å². The van der Waals surface area contributed by atoms with Gasteiger partial charge in [-0.25, -0.2) is 0 Å². The lowest BCUT2D eigenvalue weighted by molar-refractivity contribution is -0.114. The molecule has 23 heavy (non-hydrogen) atoms. The molecular weight excluding hydrogens is 286 g/mol. The zero-order chi connectivity index (χ0) is 16.4. The van der Waals surface area contributed by atoms with Gasteiger partial charge in [-0.15, -0.1) is 0 Å². The smallest absolute Gasteiger partial charge is 0.258 e. The first kappa shape index (κ1) is 15.8. The van der Waals surface area contributed by atoms with Gasteiger partial charge in [0.05, 0.1) is 13.2 Å². The van der Waals surface area contributed by atoms with E-state index in [0.717, 1.165) is 28.8 Å². The minimum atomic E-state index is 0.0810. The highest BCUT2D eigenvalue weighted by Crippen LogP contribution is 2.32. The van der Waals surface area contributed by atoms with E-state index in [0.29, 0.717) is 19.1 Å². The molecule has 120 valence electrons. The average Bonchev–Trinajstić information content (AvgIpc) is 2.72. The molecule has 0 bridgehead atoms. The Morgan fingerprint density at radius 3 is 2.57 bits per heavy atom. The largest absolute Gasteiger partial charge is 0.380 e. The maximum Gasteiger partial charge on any atom is 0.258 e. The molecule has 1 saturated heterocycles. The van der Waals surface area contributed by atoms with Crippen LogP contribution in [-0.4, -0.2) is 26.2 Å². The van der Waals surface area contributed by atoms with Crippen molar-refractivity contribution in [1.82, 2.24) is 0 Å². The predicted molar refractivity (Wildman–Crippen MR) is 93.6 cm³/mol. The minimum absolute atomic E-state index is 0.0810. The van der Waals surface area contributed by atoms with Crippen molar-refractivity contribution in [2.75, 3.05) is 25.2 Å². The summed E-state index contributed by atoms with van der Waals surface area (Å²) in [7, 11) is 1.68. The number of hydrogen-bond acceptors (Lipinski definition) is 2. The molecule has 3 nitrogen and oxygen atoms in total. The third-order valence-corrected chi connectivity index (χ3v) is 4.41. The number of hydrogen-bond donors (Lipinski definition) is 0. The number of carbonyl (C=O) groups is 1. The lowest BCUT2D eigenvalue weighted by Gasteiger charge is -2.16. The summed E-state index contributed by atoms with van der Waals surface area (Å²) in [5.41, 5.74) is 5.24. The topological polar surface area (TPSA) is 29.5 Å². The second-order valence-corrected chi connectivity index (χ2v) is 6.37. The normalized spacial score (nSPS) is 17.7. The van der Waals surface area contributed by atoms with Crippen LogP contribution in [0.25, 0.3) is 0 Å². The molecule has 0 saturated carbocycles. The van der Waals surface area contributed by atoms with E-state index in [1.807, 2.05) is 23.1 Å². The fraction of sp³-hybridized carbons (Fsp3) is 0.350. The van der Waals surface area contributed by atoms with Gasteiger partial charge in [-0.3, -0.25) is 4.79 Å². The number of ether oxygens (including phenoxy) is 1. The van der Waals surface area contributed by atoms with Gasteiger partial charge >= 0.3 is 0 Å². The fourth-order valence-electron chi connectivity index (χ4n) is 3.05. The number of anilines is 1. The molecule has 0 N–H and O–H groups in total. The molecule has 1 aliphatic carbocycles. The SMILES string of the molecule is COCC1=CCC=C2CN(c3ccc(C(C)C)cc3)C(=O)C2=C1. The summed E-state index contributed by atoms with van der Waals surface area (Å²) < 4.78 is 5.21. The van der Waals surface area contributed by atoms with Gasteiger partial charge in [0.15, 0.2) is 0 Å². The lowest BCUT2D eigenvalue weighted by Crippen LogP contribution is -2.24. The summed E-state index contributed by atoms with van der Waals surface area (Å²) in [6.07, 6.45) is 7.10. The van der Waals surface area contributed by atoms with Gasteiger partial charge in [0, 0.05) is 18.4 Å². The average molecular weight is 309 g/mol. The molecule has 0 aromatic heterocycles. The Kier molecular flexibility index (Phi) is 4.49. The summed E-state index contributed by atoms with van der Waals surface area (Å²) in [6, 6.07) is 8.32. The minimum Gasteiger partial charge on any atom is -0.380 e. The standard InChI is InChI=1S/C20H23NO2/c1-14(2)16-7-9-18(10-8-16)21-12-17-6-4-5-15(13-23-3)11-19(17)20(21)22/h5-11,14H,4,12-13H2,1-3H3. The predicted octanol–water partition coefficient (Wildman–Crippen LogP) is 3.99. The zero-order valence-electron chi connectivity index (χ0n) is 14.0. The van der Waals surface area contributed by atoms with Crippen LogP contribution in [-0.2, 0) is 9.53 Å². The number of nitrogens with zero attached hydrogens (tertiary/aromatic N) is 1. The molecule has 3 rings (SSSR count). The van der Waals surface area contributed by atoms with E-state index in [1.165, 1.54) is 5.56 Å². The van der Waals surface area contributed by atoms with Gasteiger partial charge in [0.2, 0.25) is 0 Å². The van der Waals surface area contributed by atoms with E-state index >= 15 is 0 Å². The Labute approximate surface area is 137 Å². The van der Waals surface area contributed by atoms with Gasteiger partial charge in [-0.2, -0.15) is 0 Å². The Balaban J connectivity index is 1.87. The summed E-state index contributed by atoms with van der Waals surface area (Å²) in [4.78, 5) is 14.7. The van der Waals surface area contributed by atoms with E-state index in [4.69, 9.17) is 4.74 Å². The molecule has 1 aromatic carbocycles. The number of carbonyl (C=O) groups excluding carboxylic acids is 1. The van der Waals surface area contributed by atoms with Crippen molar-refractivity contribution in [3.63, 3.8) is 0 Å². The van der Waals surface area contributed by atoms with Crippen LogP contribution in [0.15, 0.2) is 59.2 Å². The summed E-state index contributed by atoms with van der Waals surface area (Å²) >= 11 is 0. The fourth-order valence-corrected chi connectivity index (χ4v) is 3.05. The maximum atomic E-state index is 12.8. The molecule has 0 atom stereocenters. The molecule has 2 aliphatic rings. The second-order valence-electron chi connectivity index (χ2n) is 6.37. The molecule has 1 amide bonds. The van der Waals surface area contributed by atoms with Crippen molar-refractivity contribution < 1.29 is 9.53 Å². The molecule has 0 unspecified atom stereocenters. The van der Waals surface area contributed by atoms with E-state index in [-0.39, 0.29) is 5.91 Å². The molecular formula is C20H23NO2. The van der Waals surface area contributed by atoms with Crippen LogP contribution in [0.4, 0.5) is 5.69 Å². The van der Waals surface area contributed by atoms with Crippen LogP contribution >= 0.6 is 0 Å². The summed E-state index contributed by atoms with van der Waals surface area (Å²) in [5.74, 6) is 0.578. The zero-order valence-corrected chi connectivity index (χ0v) is 14.0. The Morgan fingerprint density at radius 2 is 1.91 bits per heavy atom. The Morgan fingerprint density at radius 1 is 1.17 bits per heavy atom. The number of methoxy groups -OCH3 is 1. The summed E-state index contributed by atoms with van der Waals surface area (Å²) in [5, 5.41) is 0. The number of fused-ring (bicyclic) bond motifs is 1. The molecule has 1 heterocycles. The van der Waals surface area contributed by atoms with Gasteiger partial charge in [0.1, 0.15) is 0 Å². The highest BCUT2D eigenvalue weighted by Gasteiger charge is 2.31. The molecule has 0 radical (unpaired) electrons. The molecule has 1 fully saturated rings. The van der Waals surface area contributed by atoms with Crippen molar-refractivity contribution in [2.24, 2.45) is 0 Å². The third-order valence-electron chi connectivity index (χ3n) is 4.41. The first-order valence-electron chi connectivity index (χ1n) is 8.11. The van der Waals surface area contributed by atoms with Gasteiger partial charge < -0.3 is 9.64 Å². The van der Waals surface area contributed by atoms with Crippen molar-refractivity contribution in [2.45, 2.75) is 26.2 Å². The first-order chi connectivity index (χ1) is 11.1. The number of rotatable bonds is 4. The monoisotopic (exact) mass is 309 g/mol. The highest BCUT2D eigenvalue weighted by atomic mass is 16.5. The van der Waals surface area contributed by atoms with Crippen LogP contribution in [0.3, 0.4) is 0 Å². The molecule has 1 aliphatic heterocycles. The maximum absolute atomic E-state index is 12.8. The van der Waals surface area contributed by atoms with Crippen molar-refractivity contribution in [3.05, 3.63) is 64.8 Å². The van der Waals surface area contributed by atoms with Gasteiger partial charge in [0.25, 0.3) is 5.91 Å². The van der Waals surface area contributed by atoms with Crippen molar-refractivity contribution in [3.8, 4) is 0 Å². The molecule has 3 heteroatoms. The Hall–Kier alpha value is -2.13. The van der Waals surface area contributed by atoms with E-state index in [9.17, 15) is 4.79 Å². The first-order valence-corrected chi connectivity index (χ1v) is 8.11. The quantitative estimate of drug-likeness (QED) is 0.842. The Bertz CT molecular complexity index is 693. The summed E-state index contributed by atoms with van der Waals surface area (Å²) in [6.45, 7) is 5.54. The van der Waals surface area contributed by atoms with Crippen LogP contribution in [0.1, 0.15) is 31.7 Å². The van der Waals surface area contributed by atoms with Gasteiger partial charge in [-0.1, -0.05) is 38.1 Å². The van der Waals surface area contributed by atoms with Crippen molar-refractivity contribution in [1.29, 1.82) is 0 Å². The van der Waals surface area contributed by atoms with E-state index in [2.05, 4.69) is 38.1 Å². The number of amides is 1. The second kappa shape index (κ2) is 6.55. The van der Waals surface area contributed by atoms with Crippen molar-refractivity contribution >= 4 is 11.6 Å². The van der Waals surface area contributed by atoms with E-state index in [1.54, 1.807) is 7.11 Å². The lowest BCUT2D eigenvalue weighted by atomic mass is 10.0. The number of benzene rings is 1. The van der Waals surface area contributed by atoms with Crippen LogP contribution < -0.4 is 4.90 Å². The van der Waals surface area contributed by atoms with Crippen LogP contribution in [0, 0.1) is 0 Å². The van der Waals surface area contributed by atoms with E-state index < -0.39 is 0 Å². The molecule has 0 spiro atoms. The highest BCUT2D eigenvalue weighted by molar-refractivity contribution is 6.13.